The number of nitrogens with zero attached hydrogens (tertiary/aromatic N) is 1. The zero-order valence-corrected chi connectivity index (χ0v) is 11.5. The van der Waals surface area contributed by atoms with Gasteiger partial charge in [-0.15, -0.1) is 0 Å². The monoisotopic (exact) mass is 273 g/mol. The lowest BCUT2D eigenvalue weighted by Crippen LogP contribution is -2.40. The second kappa shape index (κ2) is 6.86. The first-order valence-electron chi connectivity index (χ1n) is 6.64. The maximum atomic E-state index is 11.8. The van der Waals surface area contributed by atoms with Gasteiger partial charge in [0.1, 0.15) is 11.5 Å². The van der Waals surface area contributed by atoms with Crippen LogP contribution in [0.5, 0.6) is 0 Å². The molecule has 0 fully saturated rings. The van der Waals surface area contributed by atoms with E-state index in [-0.39, 0.29) is 5.91 Å². The second-order valence-electron chi connectivity index (χ2n) is 4.78. The number of aryl methyl sites for hydroxylation is 2. The van der Waals surface area contributed by atoms with E-state index in [0.717, 1.165) is 12.2 Å². The van der Waals surface area contributed by atoms with Gasteiger partial charge in [-0.05, 0) is 25.3 Å². The maximum Gasteiger partial charge on any atom is 0.237 e. The smallest absolute Gasteiger partial charge is 0.237 e. The lowest BCUT2D eigenvalue weighted by atomic mass is 10.1. The molecule has 1 heterocycles. The van der Waals surface area contributed by atoms with Crippen LogP contribution < -0.4 is 11.1 Å². The first kappa shape index (κ1) is 14.3. The van der Waals surface area contributed by atoms with E-state index < -0.39 is 6.04 Å². The quantitative estimate of drug-likeness (QED) is 0.837. The molecule has 0 radical (unpaired) electrons. The topological polar surface area (TPSA) is 81.2 Å². The number of carbonyl (C=O) groups excluding carboxylic acids is 1. The van der Waals surface area contributed by atoms with Crippen LogP contribution in [0.4, 0.5) is 0 Å². The van der Waals surface area contributed by atoms with Gasteiger partial charge in [-0.3, -0.25) is 4.79 Å². The van der Waals surface area contributed by atoms with Crippen LogP contribution in [0.2, 0.25) is 0 Å². The Morgan fingerprint density at radius 3 is 2.80 bits per heavy atom. The number of carbonyl (C=O) groups is 1. The SMILES string of the molecule is Cc1cc(CNC(=O)C(N)CCc2ccccc2)no1. The Hall–Kier alpha value is -2.14. The number of rotatable bonds is 6. The van der Waals surface area contributed by atoms with Crippen molar-refractivity contribution in [2.75, 3.05) is 0 Å². The molecule has 0 aliphatic rings. The van der Waals surface area contributed by atoms with E-state index >= 15 is 0 Å². The van der Waals surface area contributed by atoms with Crippen LogP contribution in [0, 0.1) is 6.92 Å². The van der Waals surface area contributed by atoms with Crippen molar-refractivity contribution >= 4 is 5.91 Å². The molecule has 0 spiro atoms. The second-order valence-corrected chi connectivity index (χ2v) is 4.78. The Bertz CT molecular complexity index is 551. The average Bonchev–Trinajstić information content (AvgIpc) is 2.89. The maximum absolute atomic E-state index is 11.8. The molecule has 0 saturated carbocycles. The zero-order chi connectivity index (χ0) is 14.4. The fourth-order valence-corrected chi connectivity index (χ4v) is 1.91. The van der Waals surface area contributed by atoms with Gasteiger partial charge in [0.25, 0.3) is 0 Å². The summed E-state index contributed by atoms with van der Waals surface area (Å²) in [6.07, 6.45) is 1.41. The van der Waals surface area contributed by atoms with Crippen LogP contribution in [-0.2, 0) is 17.8 Å². The minimum atomic E-state index is -0.511. The van der Waals surface area contributed by atoms with Crippen LogP contribution in [0.1, 0.15) is 23.4 Å². The molecule has 20 heavy (non-hydrogen) atoms. The molecular formula is C15H19N3O2. The minimum Gasteiger partial charge on any atom is -0.361 e. The van der Waals surface area contributed by atoms with Gasteiger partial charge in [-0.25, -0.2) is 0 Å². The minimum absolute atomic E-state index is 0.165. The van der Waals surface area contributed by atoms with Crippen molar-refractivity contribution in [1.82, 2.24) is 10.5 Å². The zero-order valence-electron chi connectivity index (χ0n) is 11.5. The van der Waals surface area contributed by atoms with Crippen LogP contribution in [0.25, 0.3) is 0 Å². The molecule has 5 heteroatoms. The number of benzene rings is 1. The van der Waals surface area contributed by atoms with Crippen molar-refractivity contribution in [2.45, 2.75) is 32.4 Å². The van der Waals surface area contributed by atoms with Crippen molar-refractivity contribution in [3.63, 3.8) is 0 Å². The molecule has 106 valence electrons. The highest BCUT2D eigenvalue weighted by molar-refractivity contribution is 5.81. The summed E-state index contributed by atoms with van der Waals surface area (Å²) in [5.74, 6) is 0.559. The first-order valence-corrected chi connectivity index (χ1v) is 6.64. The van der Waals surface area contributed by atoms with E-state index in [1.807, 2.05) is 37.3 Å². The third-order valence-corrected chi connectivity index (χ3v) is 3.04. The molecule has 0 bridgehead atoms. The average molecular weight is 273 g/mol. The largest absolute Gasteiger partial charge is 0.361 e. The summed E-state index contributed by atoms with van der Waals surface area (Å²) in [7, 11) is 0. The third kappa shape index (κ3) is 4.20. The lowest BCUT2D eigenvalue weighted by Gasteiger charge is -2.11. The van der Waals surface area contributed by atoms with Gasteiger partial charge >= 0.3 is 0 Å². The Labute approximate surface area is 118 Å². The fourth-order valence-electron chi connectivity index (χ4n) is 1.91. The summed E-state index contributed by atoms with van der Waals surface area (Å²) in [5.41, 5.74) is 7.76. The van der Waals surface area contributed by atoms with Crippen LogP contribution in [0.15, 0.2) is 40.9 Å². The summed E-state index contributed by atoms with van der Waals surface area (Å²) < 4.78 is 4.93. The van der Waals surface area contributed by atoms with Gasteiger partial charge in [0, 0.05) is 6.07 Å². The normalized spacial score (nSPS) is 12.1. The number of hydrogen-bond acceptors (Lipinski definition) is 4. The van der Waals surface area contributed by atoms with Gasteiger partial charge in [-0.1, -0.05) is 35.5 Å². The Morgan fingerprint density at radius 1 is 1.40 bits per heavy atom. The van der Waals surface area contributed by atoms with E-state index in [0.29, 0.717) is 18.7 Å². The van der Waals surface area contributed by atoms with Gasteiger partial charge in [0.05, 0.1) is 12.6 Å². The molecule has 2 rings (SSSR count). The molecule has 1 aromatic heterocycles. The highest BCUT2D eigenvalue weighted by Crippen LogP contribution is 2.05. The van der Waals surface area contributed by atoms with Crippen LogP contribution in [-0.4, -0.2) is 17.1 Å². The highest BCUT2D eigenvalue weighted by atomic mass is 16.5. The summed E-state index contributed by atoms with van der Waals surface area (Å²) in [6, 6.07) is 11.3. The highest BCUT2D eigenvalue weighted by Gasteiger charge is 2.13. The van der Waals surface area contributed by atoms with Gasteiger partial charge in [0.15, 0.2) is 0 Å². The van der Waals surface area contributed by atoms with Gasteiger partial charge in [-0.2, -0.15) is 0 Å². The van der Waals surface area contributed by atoms with Crippen molar-refractivity contribution in [1.29, 1.82) is 0 Å². The third-order valence-electron chi connectivity index (χ3n) is 3.04. The molecule has 1 unspecified atom stereocenters. The Morgan fingerprint density at radius 2 is 2.15 bits per heavy atom. The first-order chi connectivity index (χ1) is 9.65. The molecule has 0 aliphatic carbocycles. The van der Waals surface area contributed by atoms with Gasteiger partial charge < -0.3 is 15.6 Å². The van der Waals surface area contributed by atoms with E-state index in [1.54, 1.807) is 6.07 Å². The Kier molecular flexibility index (Phi) is 4.90. The molecule has 3 N–H and O–H groups in total. The predicted molar refractivity (Wildman–Crippen MR) is 75.8 cm³/mol. The molecule has 0 aliphatic heterocycles. The van der Waals surface area contributed by atoms with Crippen LogP contribution in [0.3, 0.4) is 0 Å². The van der Waals surface area contributed by atoms with Crippen molar-refractivity contribution in [3.8, 4) is 0 Å². The van der Waals surface area contributed by atoms with Crippen molar-refractivity contribution in [2.24, 2.45) is 5.73 Å². The molecule has 1 amide bonds. The summed E-state index contributed by atoms with van der Waals surface area (Å²) in [4.78, 5) is 11.8. The Balaban J connectivity index is 1.74. The fraction of sp³-hybridized carbons (Fsp3) is 0.333. The number of aromatic nitrogens is 1. The molecular weight excluding hydrogens is 254 g/mol. The van der Waals surface area contributed by atoms with E-state index in [1.165, 1.54) is 5.56 Å². The standard InChI is InChI=1S/C15H19N3O2/c1-11-9-13(18-20-11)10-17-15(19)14(16)8-7-12-5-3-2-4-6-12/h2-6,9,14H,7-8,10,16H2,1H3,(H,17,19). The molecule has 1 atom stereocenters. The van der Waals surface area contributed by atoms with Crippen LogP contribution >= 0.6 is 0 Å². The number of hydrogen-bond donors (Lipinski definition) is 2. The molecule has 5 nitrogen and oxygen atoms in total. The molecule has 1 aromatic carbocycles. The van der Waals surface area contributed by atoms with E-state index in [4.69, 9.17) is 10.3 Å². The van der Waals surface area contributed by atoms with Crippen molar-refractivity contribution in [3.05, 3.63) is 53.4 Å². The predicted octanol–water partition coefficient (Wildman–Crippen LogP) is 1.56. The number of nitrogens with one attached hydrogen (secondary N) is 1. The number of nitrogens with two attached hydrogens (primary N) is 1. The lowest BCUT2D eigenvalue weighted by molar-refractivity contribution is -0.122. The van der Waals surface area contributed by atoms with E-state index in [2.05, 4.69) is 10.5 Å². The van der Waals surface area contributed by atoms with Crippen molar-refractivity contribution < 1.29 is 9.32 Å². The summed E-state index contributed by atoms with van der Waals surface area (Å²) in [6.45, 7) is 2.15. The summed E-state index contributed by atoms with van der Waals surface area (Å²) >= 11 is 0. The number of amides is 1. The van der Waals surface area contributed by atoms with E-state index in [9.17, 15) is 4.79 Å². The van der Waals surface area contributed by atoms with Gasteiger partial charge in [0.2, 0.25) is 5.91 Å². The molecule has 2 aromatic rings. The molecule has 0 saturated heterocycles. The summed E-state index contributed by atoms with van der Waals surface area (Å²) in [5, 5.41) is 6.57.